The third-order valence-corrected chi connectivity index (χ3v) is 3.51. The minimum absolute atomic E-state index is 0.211. The summed E-state index contributed by atoms with van der Waals surface area (Å²) in [6, 6.07) is 11.9. The molecule has 0 fully saturated rings. The number of carbonyl (C=O) groups excluding carboxylic acids is 1. The van der Waals surface area contributed by atoms with Crippen LogP contribution in [0.25, 0.3) is 0 Å². The normalized spacial score (nSPS) is 11.0. The van der Waals surface area contributed by atoms with Gasteiger partial charge in [0, 0.05) is 5.69 Å². The average Bonchev–Trinajstić information content (AvgIpc) is 2.53. The Balaban J connectivity index is 1.92. The van der Waals surface area contributed by atoms with Crippen molar-refractivity contribution in [1.82, 2.24) is 0 Å². The first kappa shape index (κ1) is 17.7. The maximum Gasteiger partial charge on any atom is 0.265 e. The van der Waals surface area contributed by atoms with Gasteiger partial charge < -0.3 is 10.2 Å². The van der Waals surface area contributed by atoms with Gasteiger partial charge in [0.2, 0.25) is 0 Å². The van der Waals surface area contributed by atoms with Gasteiger partial charge in [-0.15, -0.1) is 0 Å². The molecule has 2 rings (SSSR count). The lowest BCUT2D eigenvalue weighted by Crippen LogP contribution is -2.19. The SMILES string of the molecule is Cc1cccc(C(C)C)c1NC(=O)CO/N=C\c1cccc(F)c1. The minimum atomic E-state index is -0.350. The predicted molar refractivity (Wildman–Crippen MR) is 93.8 cm³/mol. The van der Waals surface area contributed by atoms with E-state index in [1.165, 1.54) is 18.3 Å². The molecule has 4 nitrogen and oxygen atoms in total. The number of para-hydroxylation sites is 1. The molecule has 0 aliphatic heterocycles. The van der Waals surface area contributed by atoms with Crippen molar-refractivity contribution in [2.24, 2.45) is 5.16 Å². The van der Waals surface area contributed by atoms with E-state index in [0.717, 1.165) is 16.8 Å². The fourth-order valence-electron chi connectivity index (χ4n) is 2.30. The fourth-order valence-corrected chi connectivity index (χ4v) is 2.30. The van der Waals surface area contributed by atoms with E-state index >= 15 is 0 Å². The Morgan fingerprint density at radius 1 is 1.29 bits per heavy atom. The molecule has 126 valence electrons. The van der Waals surface area contributed by atoms with Crippen LogP contribution in [-0.4, -0.2) is 18.7 Å². The second-order valence-electron chi connectivity index (χ2n) is 5.80. The van der Waals surface area contributed by atoms with E-state index in [9.17, 15) is 9.18 Å². The average molecular weight is 328 g/mol. The second kappa shape index (κ2) is 8.24. The molecule has 0 aromatic heterocycles. The molecule has 0 radical (unpaired) electrons. The van der Waals surface area contributed by atoms with Crippen LogP contribution in [0.5, 0.6) is 0 Å². The number of carbonyl (C=O) groups is 1. The Bertz CT molecular complexity index is 742. The van der Waals surface area contributed by atoms with Crippen LogP contribution in [0, 0.1) is 12.7 Å². The molecule has 1 N–H and O–H groups in total. The molecule has 0 aliphatic rings. The highest BCUT2D eigenvalue weighted by Crippen LogP contribution is 2.27. The van der Waals surface area contributed by atoms with Gasteiger partial charge >= 0.3 is 0 Å². The van der Waals surface area contributed by atoms with Gasteiger partial charge in [-0.05, 0) is 41.7 Å². The number of hydrogen-bond acceptors (Lipinski definition) is 3. The Kier molecular flexibility index (Phi) is 6.07. The number of rotatable bonds is 6. The van der Waals surface area contributed by atoms with E-state index in [0.29, 0.717) is 11.5 Å². The number of nitrogens with one attached hydrogen (secondary N) is 1. The Morgan fingerprint density at radius 3 is 2.75 bits per heavy atom. The topological polar surface area (TPSA) is 50.7 Å². The first-order valence-electron chi connectivity index (χ1n) is 7.77. The van der Waals surface area contributed by atoms with E-state index in [4.69, 9.17) is 4.84 Å². The lowest BCUT2D eigenvalue weighted by molar-refractivity contribution is -0.120. The number of oxime groups is 1. The van der Waals surface area contributed by atoms with Gasteiger partial charge in [0.25, 0.3) is 5.91 Å². The van der Waals surface area contributed by atoms with Crippen molar-refractivity contribution in [3.05, 3.63) is 65.0 Å². The Hall–Kier alpha value is -2.69. The largest absolute Gasteiger partial charge is 0.386 e. The summed E-state index contributed by atoms with van der Waals surface area (Å²) < 4.78 is 13.0. The lowest BCUT2D eigenvalue weighted by Gasteiger charge is -2.16. The molecule has 0 unspecified atom stereocenters. The maximum atomic E-state index is 13.0. The van der Waals surface area contributed by atoms with E-state index in [-0.39, 0.29) is 18.3 Å². The molecule has 24 heavy (non-hydrogen) atoms. The quantitative estimate of drug-likeness (QED) is 0.637. The van der Waals surface area contributed by atoms with Crippen LogP contribution in [0.4, 0.5) is 10.1 Å². The van der Waals surface area contributed by atoms with Crippen LogP contribution in [0.3, 0.4) is 0 Å². The van der Waals surface area contributed by atoms with Gasteiger partial charge in [0.1, 0.15) is 5.82 Å². The van der Waals surface area contributed by atoms with E-state index in [1.54, 1.807) is 12.1 Å². The minimum Gasteiger partial charge on any atom is -0.386 e. The molecular weight excluding hydrogens is 307 g/mol. The summed E-state index contributed by atoms with van der Waals surface area (Å²) in [6.07, 6.45) is 1.36. The number of anilines is 1. The van der Waals surface area contributed by atoms with Crippen molar-refractivity contribution in [3.8, 4) is 0 Å². The highest BCUT2D eigenvalue weighted by molar-refractivity contribution is 5.93. The molecule has 0 saturated heterocycles. The van der Waals surface area contributed by atoms with Gasteiger partial charge in [-0.1, -0.05) is 49.3 Å². The summed E-state index contributed by atoms with van der Waals surface area (Å²) in [7, 11) is 0. The maximum absolute atomic E-state index is 13.0. The molecule has 2 aromatic carbocycles. The number of halogens is 1. The number of aryl methyl sites for hydroxylation is 1. The molecule has 0 heterocycles. The molecule has 0 saturated carbocycles. The standard InChI is InChI=1S/C19H21FN2O2/c1-13(2)17-9-4-6-14(3)19(17)22-18(23)12-24-21-11-15-7-5-8-16(20)10-15/h4-11,13H,12H2,1-3H3,(H,22,23)/b21-11-. The highest BCUT2D eigenvalue weighted by Gasteiger charge is 2.12. The summed E-state index contributed by atoms with van der Waals surface area (Å²) >= 11 is 0. The zero-order valence-electron chi connectivity index (χ0n) is 14.0. The van der Waals surface area contributed by atoms with Crippen LogP contribution in [-0.2, 0) is 9.63 Å². The van der Waals surface area contributed by atoms with Crippen molar-refractivity contribution >= 4 is 17.8 Å². The smallest absolute Gasteiger partial charge is 0.265 e. The van der Waals surface area contributed by atoms with Crippen LogP contribution < -0.4 is 5.32 Å². The van der Waals surface area contributed by atoms with Gasteiger partial charge in [-0.2, -0.15) is 0 Å². The monoisotopic (exact) mass is 328 g/mol. The Labute approximate surface area is 141 Å². The summed E-state index contributed by atoms with van der Waals surface area (Å²) in [5, 5.41) is 6.56. The van der Waals surface area contributed by atoms with Crippen molar-refractivity contribution in [1.29, 1.82) is 0 Å². The van der Waals surface area contributed by atoms with Gasteiger partial charge in [0.15, 0.2) is 6.61 Å². The van der Waals surface area contributed by atoms with Crippen LogP contribution >= 0.6 is 0 Å². The fraction of sp³-hybridized carbons (Fsp3) is 0.263. The lowest BCUT2D eigenvalue weighted by atomic mass is 9.98. The zero-order valence-corrected chi connectivity index (χ0v) is 14.0. The molecule has 5 heteroatoms. The summed E-state index contributed by atoms with van der Waals surface area (Å²) in [5.74, 6) is -0.341. The summed E-state index contributed by atoms with van der Waals surface area (Å²) in [5.41, 5.74) is 3.45. The number of amides is 1. The molecule has 0 bridgehead atoms. The van der Waals surface area contributed by atoms with Crippen molar-refractivity contribution in [2.75, 3.05) is 11.9 Å². The molecule has 1 amide bonds. The molecule has 0 aliphatic carbocycles. The molecule has 0 spiro atoms. The van der Waals surface area contributed by atoms with E-state index in [1.807, 2.05) is 25.1 Å². The number of nitrogens with zero attached hydrogens (tertiary/aromatic N) is 1. The molecule has 2 aromatic rings. The second-order valence-corrected chi connectivity index (χ2v) is 5.80. The third-order valence-electron chi connectivity index (χ3n) is 3.51. The van der Waals surface area contributed by atoms with Crippen LogP contribution in [0.1, 0.15) is 36.5 Å². The summed E-state index contributed by atoms with van der Waals surface area (Å²) in [6.45, 7) is 5.89. The first-order chi connectivity index (χ1) is 11.5. The van der Waals surface area contributed by atoms with Gasteiger partial charge in [-0.25, -0.2) is 4.39 Å². The predicted octanol–water partition coefficient (Wildman–Crippen LogP) is 4.25. The van der Waals surface area contributed by atoms with E-state index < -0.39 is 0 Å². The van der Waals surface area contributed by atoms with Crippen molar-refractivity contribution < 1.29 is 14.0 Å². The molecular formula is C19H21FN2O2. The van der Waals surface area contributed by atoms with Crippen molar-refractivity contribution in [3.63, 3.8) is 0 Å². The molecule has 0 atom stereocenters. The third kappa shape index (κ3) is 4.91. The van der Waals surface area contributed by atoms with Gasteiger partial charge in [0.05, 0.1) is 6.21 Å². The highest BCUT2D eigenvalue weighted by atomic mass is 19.1. The van der Waals surface area contributed by atoms with Crippen molar-refractivity contribution in [2.45, 2.75) is 26.7 Å². The zero-order chi connectivity index (χ0) is 17.5. The van der Waals surface area contributed by atoms with E-state index in [2.05, 4.69) is 24.3 Å². The number of benzene rings is 2. The van der Waals surface area contributed by atoms with Crippen LogP contribution in [0.15, 0.2) is 47.6 Å². The van der Waals surface area contributed by atoms with Crippen LogP contribution in [0.2, 0.25) is 0 Å². The van der Waals surface area contributed by atoms with Gasteiger partial charge in [-0.3, -0.25) is 4.79 Å². The number of hydrogen-bond donors (Lipinski definition) is 1. The summed E-state index contributed by atoms with van der Waals surface area (Å²) in [4.78, 5) is 17.0. The Morgan fingerprint density at radius 2 is 2.04 bits per heavy atom. The first-order valence-corrected chi connectivity index (χ1v) is 7.77.